The zero-order chi connectivity index (χ0) is 21.4. The molecule has 1 fully saturated rings. The average molecular weight is 453 g/mol. The number of pyridine rings is 2. The molecule has 1 aromatic carbocycles. The van der Waals surface area contributed by atoms with E-state index < -0.39 is 0 Å². The van der Waals surface area contributed by atoms with Crippen LogP contribution in [0.4, 0.5) is 0 Å². The summed E-state index contributed by atoms with van der Waals surface area (Å²) in [4.78, 5) is 17.5. The number of rotatable bonds is 4. The van der Waals surface area contributed by atoms with E-state index in [9.17, 15) is 4.79 Å². The molecular weight excluding hydrogens is 431 g/mol. The van der Waals surface area contributed by atoms with Crippen LogP contribution in [0.15, 0.2) is 59.7 Å². The minimum Gasteiger partial charge on any atom is -0.381 e. The molecule has 4 nitrogen and oxygen atoms in total. The molecule has 5 rings (SSSR count). The van der Waals surface area contributed by atoms with Gasteiger partial charge in [-0.05, 0) is 65.3 Å². The van der Waals surface area contributed by atoms with Gasteiger partial charge in [-0.25, -0.2) is 0 Å². The van der Waals surface area contributed by atoms with Gasteiger partial charge in [-0.15, -0.1) is 0 Å². The van der Waals surface area contributed by atoms with Gasteiger partial charge in [0.15, 0.2) is 0 Å². The first-order chi connectivity index (χ1) is 15.1. The van der Waals surface area contributed by atoms with Gasteiger partial charge in [0.05, 0.1) is 22.3 Å². The molecule has 0 bridgehead atoms. The van der Waals surface area contributed by atoms with Crippen LogP contribution < -0.4 is 5.56 Å². The monoisotopic (exact) mass is 452 g/mol. The molecule has 0 unspecified atom stereocenters. The molecule has 0 saturated carbocycles. The molecule has 1 aliphatic carbocycles. The Balaban J connectivity index is 1.41. The largest absolute Gasteiger partial charge is 0.381 e. The molecule has 158 valence electrons. The Morgan fingerprint density at radius 2 is 1.90 bits per heavy atom. The molecule has 31 heavy (non-hydrogen) atoms. The van der Waals surface area contributed by atoms with Gasteiger partial charge in [0.2, 0.25) is 0 Å². The molecule has 0 radical (unpaired) electrons. The van der Waals surface area contributed by atoms with Gasteiger partial charge in [0.1, 0.15) is 0 Å². The van der Waals surface area contributed by atoms with Crippen molar-refractivity contribution >= 4 is 28.8 Å². The predicted octanol–water partition coefficient (Wildman–Crippen LogP) is 5.48. The summed E-state index contributed by atoms with van der Waals surface area (Å²) in [6.45, 7) is 2.06. The third kappa shape index (κ3) is 4.20. The van der Waals surface area contributed by atoms with Crippen LogP contribution in [0, 0.1) is 0 Å². The standard InChI is InChI=1S/C25H22Cl2N2O2/c26-22-3-1-16(11-23(22)27)15-29-8-5-18(13-25(29)30)20-2-4-24-21(20)12-19(14-28-24)17-6-9-31-10-7-17/h1-3,5,8,11-14,17H,4,6-7,9-10,15H2. The van der Waals surface area contributed by atoms with Gasteiger partial charge in [-0.3, -0.25) is 9.78 Å². The smallest absolute Gasteiger partial charge is 0.251 e. The number of aromatic nitrogens is 2. The van der Waals surface area contributed by atoms with E-state index in [0.717, 1.165) is 60.4 Å². The van der Waals surface area contributed by atoms with Crippen LogP contribution in [0.2, 0.25) is 10.0 Å². The molecule has 1 aliphatic heterocycles. The van der Waals surface area contributed by atoms with Crippen LogP contribution >= 0.6 is 23.2 Å². The highest BCUT2D eigenvalue weighted by Gasteiger charge is 2.22. The number of hydrogen-bond donors (Lipinski definition) is 0. The lowest BCUT2D eigenvalue weighted by Gasteiger charge is -2.22. The van der Waals surface area contributed by atoms with Gasteiger partial charge in [-0.2, -0.15) is 0 Å². The van der Waals surface area contributed by atoms with E-state index >= 15 is 0 Å². The molecule has 2 aromatic heterocycles. The van der Waals surface area contributed by atoms with E-state index in [1.165, 1.54) is 5.56 Å². The topological polar surface area (TPSA) is 44.1 Å². The van der Waals surface area contributed by atoms with E-state index in [4.69, 9.17) is 32.9 Å². The second-order valence-corrected chi connectivity index (χ2v) is 8.92. The maximum absolute atomic E-state index is 12.8. The molecule has 0 spiro atoms. The molecule has 3 heterocycles. The van der Waals surface area contributed by atoms with Crippen LogP contribution in [-0.4, -0.2) is 22.8 Å². The van der Waals surface area contributed by atoms with Crippen molar-refractivity contribution in [2.45, 2.75) is 31.7 Å². The van der Waals surface area contributed by atoms with Crippen molar-refractivity contribution < 1.29 is 4.74 Å². The van der Waals surface area contributed by atoms with E-state index in [1.807, 2.05) is 24.5 Å². The summed E-state index contributed by atoms with van der Waals surface area (Å²) in [5, 5.41) is 0.998. The lowest BCUT2D eigenvalue weighted by Crippen LogP contribution is -2.19. The van der Waals surface area contributed by atoms with E-state index in [1.54, 1.807) is 22.8 Å². The first kappa shape index (κ1) is 20.5. The Hall–Kier alpha value is -2.40. The molecule has 0 N–H and O–H groups in total. The summed E-state index contributed by atoms with van der Waals surface area (Å²) in [6.07, 6.45) is 8.89. The van der Waals surface area contributed by atoms with Gasteiger partial charge in [0, 0.05) is 43.7 Å². The van der Waals surface area contributed by atoms with Crippen LogP contribution in [0.5, 0.6) is 0 Å². The number of fused-ring (bicyclic) bond motifs is 1. The molecule has 1 saturated heterocycles. The highest BCUT2D eigenvalue weighted by Crippen LogP contribution is 2.35. The van der Waals surface area contributed by atoms with Crippen LogP contribution in [0.3, 0.4) is 0 Å². The molecule has 0 amide bonds. The maximum atomic E-state index is 12.8. The van der Waals surface area contributed by atoms with Crippen molar-refractivity contribution in [1.29, 1.82) is 0 Å². The molecule has 3 aromatic rings. The number of nitrogens with zero attached hydrogens (tertiary/aromatic N) is 2. The second kappa shape index (κ2) is 8.62. The fraction of sp³-hybridized carbons (Fsp3) is 0.280. The zero-order valence-corrected chi connectivity index (χ0v) is 18.5. The quantitative estimate of drug-likeness (QED) is 0.526. The van der Waals surface area contributed by atoms with Gasteiger partial charge >= 0.3 is 0 Å². The molecule has 0 atom stereocenters. The number of halogens is 2. The molecule has 2 aliphatic rings. The summed E-state index contributed by atoms with van der Waals surface area (Å²) >= 11 is 12.1. The third-order valence-electron chi connectivity index (χ3n) is 6.12. The van der Waals surface area contributed by atoms with Crippen LogP contribution in [0.1, 0.15) is 46.7 Å². The number of allylic oxidation sites excluding steroid dienone is 1. The summed E-state index contributed by atoms with van der Waals surface area (Å²) in [7, 11) is 0. The van der Waals surface area contributed by atoms with Gasteiger partial charge in [0.25, 0.3) is 5.56 Å². The maximum Gasteiger partial charge on any atom is 0.251 e. The van der Waals surface area contributed by atoms with Crippen molar-refractivity contribution in [2.75, 3.05) is 13.2 Å². The number of benzene rings is 1. The minimum absolute atomic E-state index is 0.0496. The first-order valence-electron chi connectivity index (χ1n) is 10.5. The van der Waals surface area contributed by atoms with E-state index in [0.29, 0.717) is 22.5 Å². The Labute approximate surface area is 191 Å². The Bertz CT molecular complexity index is 1230. The SMILES string of the molecule is O=c1cc(C2=CCc3ncc(C4CCOCC4)cc32)ccn1Cc1ccc(Cl)c(Cl)c1. The lowest BCUT2D eigenvalue weighted by molar-refractivity contribution is 0.0852. The van der Waals surface area contributed by atoms with E-state index in [-0.39, 0.29) is 5.56 Å². The minimum atomic E-state index is -0.0496. The second-order valence-electron chi connectivity index (χ2n) is 8.10. The summed E-state index contributed by atoms with van der Waals surface area (Å²) in [5.74, 6) is 0.493. The van der Waals surface area contributed by atoms with Crippen molar-refractivity contribution in [1.82, 2.24) is 9.55 Å². The highest BCUT2D eigenvalue weighted by atomic mass is 35.5. The summed E-state index contributed by atoms with van der Waals surface area (Å²) in [6, 6.07) is 11.4. The summed E-state index contributed by atoms with van der Waals surface area (Å²) in [5.41, 5.74) is 6.39. The Morgan fingerprint density at radius 1 is 1.06 bits per heavy atom. The normalized spacial score (nSPS) is 16.3. The fourth-order valence-electron chi connectivity index (χ4n) is 4.38. The van der Waals surface area contributed by atoms with Crippen LogP contribution in [-0.2, 0) is 17.7 Å². The molecule has 6 heteroatoms. The Morgan fingerprint density at radius 3 is 2.68 bits per heavy atom. The van der Waals surface area contributed by atoms with Crippen molar-refractivity contribution in [2.24, 2.45) is 0 Å². The average Bonchev–Trinajstić information content (AvgIpc) is 3.21. The van der Waals surface area contributed by atoms with Crippen molar-refractivity contribution in [3.8, 4) is 0 Å². The predicted molar refractivity (Wildman–Crippen MR) is 124 cm³/mol. The fourth-order valence-corrected chi connectivity index (χ4v) is 4.70. The van der Waals surface area contributed by atoms with Crippen molar-refractivity contribution in [3.63, 3.8) is 0 Å². The third-order valence-corrected chi connectivity index (χ3v) is 6.86. The lowest BCUT2D eigenvalue weighted by atomic mass is 9.90. The van der Waals surface area contributed by atoms with Gasteiger partial charge in [-0.1, -0.05) is 35.3 Å². The van der Waals surface area contributed by atoms with E-state index in [2.05, 4.69) is 12.1 Å². The van der Waals surface area contributed by atoms with Crippen LogP contribution in [0.25, 0.3) is 5.57 Å². The Kier molecular flexibility index (Phi) is 5.70. The number of hydrogen-bond acceptors (Lipinski definition) is 3. The molecular formula is C25H22Cl2N2O2. The van der Waals surface area contributed by atoms with Gasteiger partial charge < -0.3 is 9.30 Å². The zero-order valence-electron chi connectivity index (χ0n) is 17.0. The summed E-state index contributed by atoms with van der Waals surface area (Å²) < 4.78 is 7.18. The van der Waals surface area contributed by atoms with Crippen molar-refractivity contribution in [3.05, 3.63) is 103 Å². The first-order valence-corrected chi connectivity index (χ1v) is 11.3. The highest BCUT2D eigenvalue weighted by molar-refractivity contribution is 6.42. The number of ether oxygens (including phenoxy) is 1.